The van der Waals surface area contributed by atoms with Gasteiger partial charge in [-0.05, 0) is 30.0 Å². The molecule has 2 N–H and O–H groups in total. The van der Waals surface area contributed by atoms with Crippen LogP contribution in [0.4, 0.5) is 5.69 Å². The standard InChI is InChI=1S/C15H20N2O3/c1-17-8-2-3-12-9-11(4-5-13(12)17)10-16-14(18)6-7-15(19)20/h4-5,9H,2-3,6-8,10H2,1H3,(H,16,18)(H,19,20). The molecule has 108 valence electrons. The number of nitrogens with zero attached hydrogens (tertiary/aromatic N) is 1. The maximum atomic E-state index is 11.5. The molecule has 1 aliphatic rings. The molecule has 0 unspecified atom stereocenters. The summed E-state index contributed by atoms with van der Waals surface area (Å²) in [7, 11) is 2.09. The van der Waals surface area contributed by atoms with Gasteiger partial charge in [0.1, 0.15) is 0 Å². The third-order valence-electron chi connectivity index (χ3n) is 3.55. The van der Waals surface area contributed by atoms with Gasteiger partial charge in [0.05, 0.1) is 6.42 Å². The number of hydrogen-bond donors (Lipinski definition) is 2. The van der Waals surface area contributed by atoms with Crippen molar-refractivity contribution in [1.82, 2.24) is 5.32 Å². The molecule has 1 heterocycles. The quantitative estimate of drug-likeness (QED) is 0.856. The number of aryl methyl sites for hydroxylation is 1. The first-order chi connectivity index (χ1) is 9.56. The Labute approximate surface area is 118 Å². The summed E-state index contributed by atoms with van der Waals surface area (Å²) in [5.74, 6) is -1.17. The van der Waals surface area contributed by atoms with Crippen LogP contribution in [0.5, 0.6) is 0 Å². The van der Waals surface area contributed by atoms with E-state index in [1.165, 1.54) is 11.3 Å². The van der Waals surface area contributed by atoms with E-state index in [2.05, 4.69) is 29.4 Å². The van der Waals surface area contributed by atoms with Gasteiger partial charge >= 0.3 is 5.97 Å². The van der Waals surface area contributed by atoms with Crippen LogP contribution in [0.2, 0.25) is 0 Å². The number of carbonyl (C=O) groups is 2. The molecule has 0 aliphatic carbocycles. The van der Waals surface area contributed by atoms with Crippen LogP contribution in [0.25, 0.3) is 0 Å². The largest absolute Gasteiger partial charge is 0.481 e. The second-order valence-corrected chi connectivity index (χ2v) is 5.16. The van der Waals surface area contributed by atoms with Gasteiger partial charge in [-0.25, -0.2) is 0 Å². The van der Waals surface area contributed by atoms with Crippen LogP contribution in [0.3, 0.4) is 0 Å². The number of hydrogen-bond acceptors (Lipinski definition) is 3. The van der Waals surface area contributed by atoms with Crippen LogP contribution in [0.1, 0.15) is 30.4 Å². The lowest BCUT2D eigenvalue weighted by Gasteiger charge is -2.27. The molecule has 1 aromatic rings. The number of benzene rings is 1. The van der Waals surface area contributed by atoms with Gasteiger partial charge in [0.15, 0.2) is 0 Å². The Balaban J connectivity index is 1.91. The van der Waals surface area contributed by atoms with Crippen LogP contribution in [-0.2, 0) is 22.6 Å². The Hall–Kier alpha value is -2.04. The summed E-state index contributed by atoms with van der Waals surface area (Å²) in [6.45, 7) is 1.54. The Morgan fingerprint density at radius 1 is 1.35 bits per heavy atom. The third-order valence-corrected chi connectivity index (χ3v) is 3.55. The Bertz CT molecular complexity index is 514. The van der Waals surface area contributed by atoms with Gasteiger partial charge in [-0.2, -0.15) is 0 Å². The van der Waals surface area contributed by atoms with E-state index in [1.807, 2.05) is 6.07 Å². The van der Waals surface area contributed by atoms with E-state index in [9.17, 15) is 9.59 Å². The van der Waals surface area contributed by atoms with Gasteiger partial charge in [0, 0.05) is 32.2 Å². The maximum Gasteiger partial charge on any atom is 0.303 e. The molecule has 0 radical (unpaired) electrons. The molecule has 0 aromatic heterocycles. The number of carboxylic acid groups (broad SMARTS) is 1. The lowest BCUT2D eigenvalue weighted by Crippen LogP contribution is -2.26. The Kier molecular flexibility index (Phi) is 4.61. The molecular formula is C15H20N2O3. The molecular weight excluding hydrogens is 256 g/mol. The molecule has 5 nitrogen and oxygen atoms in total. The van der Waals surface area contributed by atoms with Crippen LogP contribution >= 0.6 is 0 Å². The number of amides is 1. The van der Waals surface area contributed by atoms with E-state index in [-0.39, 0.29) is 18.7 Å². The van der Waals surface area contributed by atoms with Crippen LogP contribution in [-0.4, -0.2) is 30.6 Å². The molecule has 1 amide bonds. The zero-order valence-electron chi connectivity index (χ0n) is 11.7. The SMILES string of the molecule is CN1CCCc2cc(CNC(=O)CCC(=O)O)ccc21. The highest BCUT2D eigenvalue weighted by Crippen LogP contribution is 2.26. The lowest BCUT2D eigenvalue weighted by atomic mass is 9.99. The topological polar surface area (TPSA) is 69.6 Å². The van der Waals surface area contributed by atoms with Crippen molar-refractivity contribution < 1.29 is 14.7 Å². The molecule has 2 rings (SSSR count). The molecule has 1 aliphatic heterocycles. The minimum Gasteiger partial charge on any atom is -0.481 e. The van der Waals surface area contributed by atoms with Gasteiger partial charge in [0.2, 0.25) is 5.91 Å². The summed E-state index contributed by atoms with van der Waals surface area (Å²) in [5.41, 5.74) is 3.64. The van der Waals surface area contributed by atoms with Crippen molar-refractivity contribution in [2.45, 2.75) is 32.2 Å². The number of carbonyl (C=O) groups excluding carboxylic acids is 1. The van der Waals surface area contributed by atoms with Crippen molar-refractivity contribution in [3.05, 3.63) is 29.3 Å². The monoisotopic (exact) mass is 276 g/mol. The number of nitrogens with one attached hydrogen (secondary N) is 1. The van der Waals surface area contributed by atoms with Crippen molar-refractivity contribution >= 4 is 17.6 Å². The summed E-state index contributed by atoms with van der Waals surface area (Å²) < 4.78 is 0. The predicted octanol–water partition coefficient (Wildman–Crippen LogP) is 1.55. The van der Waals surface area contributed by atoms with Crippen molar-refractivity contribution in [3.8, 4) is 0 Å². The van der Waals surface area contributed by atoms with E-state index < -0.39 is 5.97 Å². The fraction of sp³-hybridized carbons (Fsp3) is 0.467. The zero-order chi connectivity index (χ0) is 14.5. The highest BCUT2D eigenvalue weighted by molar-refractivity contribution is 5.80. The van der Waals surface area contributed by atoms with Crippen LogP contribution in [0, 0.1) is 0 Å². The van der Waals surface area contributed by atoms with Gasteiger partial charge in [-0.15, -0.1) is 0 Å². The van der Waals surface area contributed by atoms with Crippen LogP contribution < -0.4 is 10.2 Å². The molecule has 0 spiro atoms. The maximum absolute atomic E-state index is 11.5. The fourth-order valence-corrected chi connectivity index (χ4v) is 2.46. The summed E-state index contributed by atoms with van der Waals surface area (Å²) in [6.07, 6.45) is 2.13. The molecule has 0 bridgehead atoms. The highest BCUT2D eigenvalue weighted by atomic mass is 16.4. The molecule has 1 aromatic carbocycles. The first kappa shape index (κ1) is 14.4. The predicted molar refractivity (Wildman–Crippen MR) is 76.7 cm³/mol. The second kappa shape index (κ2) is 6.41. The first-order valence-corrected chi connectivity index (χ1v) is 6.87. The molecule has 20 heavy (non-hydrogen) atoms. The molecule has 5 heteroatoms. The lowest BCUT2D eigenvalue weighted by molar-refractivity contribution is -0.138. The summed E-state index contributed by atoms with van der Waals surface area (Å²) in [5, 5.41) is 11.3. The van der Waals surface area contributed by atoms with Crippen molar-refractivity contribution in [1.29, 1.82) is 0 Å². The van der Waals surface area contributed by atoms with Gasteiger partial charge in [0.25, 0.3) is 0 Å². The zero-order valence-corrected chi connectivity index (χ0v) is 11.7. The van der Waals surface area contributed by atoms with Crippen molar-refractivity contribution in [2.24, 2.45) is 0 Å². The molecule has 0 fully saturated rings. The summed E-state index contributed by atoms with van der Waals surface area (Å²) >= 11 is 0. The van der Waals surface area contributed by atoms with Crippen molar-refractivity contribution in [2.75, 3.05) is 18.5 Å². The Morgan fingerprint density at radius 3 is 2.90 bits per heavy atom. The summed E-state index contributed by atoms with van der Waals surface area (Å²) in [4.78, 5) is 24.1. The number of carboxylic acids is 1. The minimum atomic E-state index is -0.947. The number of anilines is 1. The summed E-state index contributed by atoms with van der Waals surface area (Å²) in [6, 6.07) is 6.23. The second-order valence-electron chi connectivity index (χ2n) is 5.16. The fourth-order valence-electron chi connectivity index (χ4n) is 2.46. The van der Waals surface area contributed by atoms with Gasteiger partial charge in [-0.1, -0.05) is 12.1 Å². The average molecular weight is 276 g/mol. The number of rotatable bonds is 5. The number of fused-ring (bicyclic) bond motifs is 1. The number of aliphatic carboxylic acids is 1. The highest BCUT2D eigenvalue weighted by Gasteiger charge is 2.13. The van der Waals surface area contributed by atoms with E-state index >= 15 is 0 Å². The van der Waals surface area contributed by atoms with Crippen molar-refractivity contribution in [3.63, 3.8) is 0 Å². The first-order valence-electron chi connectivity index (χ1n) is 6.87. The Morgan fingerprint density at radius 2 is 2.15 bits per heavy atom. The van der Waals surface area contributed by atoms with E-state index in [4.69, 9.17) is 5.11 Å². The third kappa shape index (κ3) is 3.73. The minimum absolute atomic E-state index is 0.0308. The molecule has 0 saturated carbocycles. The smallest absolute Gasteiger partial charge is 0.303 e. The molecule has 0 atom stereocenters. The van der Waals surface area contributed by atoms with Gasteiger partial charge in [-0.3, -0.25) is 9.59 Å². The molecule has 0 saturated heterocycles. The van der Waals surface area contributed by atoms with E-state index in [1.54, 1.807) is 0 Å². The van der Waals surface area contributed by atoms with Crippen LogP contribution in [0.15, 0.2) is 18.2 Å². The normalized spacial score (nSPS) is 13.8. The average Bonchev–Trinajstić information content (AvgIpc) is 2.43. The van der Waals surface area contributed by atoms with E-state index in [0.29, 0.717) is 6.54 Å². The van der Waals surface area contributed by atoms with E-state index in [0.717, 1.165) is 24.9 Å². The van der Waals surface area contributed by atoms with Gasteiger partial charge < -0.3 is 15.3 Å².